The first kappa shape index (κ1) is 23.8. The third kappa shape index (κ3) is 6.15. The highest BCUT2D eigenvalue weighted by Crippen LogP contribution is 2.31. The summed E-state index contributed by atoms with van der Waals surface area (Å²) in [6.45, 7) is 0. The summed E-state index contributed by atoms with van der Waals surface area (Å²) >= 11 is 0. The monoisotopic (exact) mass is 489 g/mol. The summed E-state index contributed by atoms with van der Waals surface area (Å²) in [6.07, 6.45) is -3.87. The topological polar surface area (TPSA) is 79.8 Å². The molecule has 1 aliphatic heterocycles. The van der Waals surface area contributed by atoms with Crippen molar-refractivity contribution in [3.8, 4) is 5.75 Å². The SMILES string of the molecule is O=S(=O)(NN=C1CC(c2ccccc2)NC(c2ccccc2)C1)c1ccc(OC(F)(F)F)cc1. The fourth-order valence-corrected chi connectivity index (χ4v) is 4.65. The Morgan fingerprint density at radius 3 is 1.79 bits per heavy atom. The summed E-state index contributed by atoms with van der Waals surface area (Å²) in [4.78, 5) is 2.00. The van der Waals surface area contributed by atoms with Crippen LogP contribution in [0.5, 0.6) is 5.75 Å². The number of halogens is 3. The van der Waals surface area contributed by atoms with Crippen molar-refractivity contribution in [2.24, 2.45) is 5.10 Å². The second-order valence-corrected chi connectivity index (χ2v) is 9.45. The Kier molecular flexibility index (Phi) is 6.90. The van der Waals surface area contributed by atoms with Gasteiger partial charge < -0.3 is 10.1 Å². The summed E-state index contributed by atoms with van der Waals surface area (Å²) in [6, 6.07) is 23.4. The molecule has 2 unspecified atom stereocenters. The molecule has 1 fully saturated rings. The molecule has 0 aromatic heterocycles. The highest BCUT2D eigenvalue weighted by molar-refractivity contribution is 7.89. The number of benzene rings is 3. The number of ether oxygens (including phenoxy) is 1. The molecule has 10 heteroatoms. The number of alkyl halides is 3. The molecule has 4 rings (SSSR count). The highest BCUT2D eigenvalue weighted by Gasteiger charge is 2.31. The lowest BCUT2D eigenvalue weighted by Gasteiger charge is -2.32. The van der Waals surface area contributed by atoms with Crippen molar-refractivity contribution < 1.29 is 26.3 Å². The molecule has 1 heterocycles. The molecule has 3 aromatic rings. The second-order valence-electron chi connectivity index (χ2n) is 7.79. The second kappa shape index (κ2) is 9.86. The molecule has 3 aromatic carbocycles. The van der Waals surface area contributed by atoms with E-state index in [0.717, 1.165) is 35.4 Å². The van der Waals surface area contributed by atoms with E-state index < -0.39 is 22.1 Å². The fourth-order valence-electron chi connectivity index (χ4n) is 3.80. The van der Waals surface area contributed by atoms with Gasteiger partial charge in [-0.05, 0) is 35.4 Å². The molecule has 0 aliphatic carbocycles. The fraction of sp³-hybridized carbons (Fsp3) is 0.208. The highest BCUT2D eigenvalue weighted by atomic mass is 32.2. The maximum absolute atomic E-state index is 12.7. The van der Waals surface area contributed by atoms with Crippen LogP contribution in [-0.2, 0) is 10.0 Å². The first-order valence-corrected chi connectivity index (χ1v) is 12.0. The van der Waals surface area contributed by atoms with Crippen molar-refractivity contribution in [1.29, 1.82) is 0 Å². The van der Waals surface area contributed by atoms with Crippen LogP contribution in [0, 0.1) is 0 Å². The van der Waals surface area contributed by atoms with Crippen LogP contribution in [0.3, 0.4) is 0 Å². The van der Waals surface area contributed by atoms with Gasteiger partial charge in [0.25, 0.3) is 10.0 Å². The zero-order chi connectivity index (χ0) is 24.2. The van der Waals surface area contributed by atoms with Gasteiger partial charge in [-0.25, -0.2) is 4.83 Å². The lowest BCUT2D eigenvalue weighted by Crippen LogP contribution is -2.36. The van der Waals surface area contributed by atoms with Gasteiger partial charge in [-0.1, -0.05) is 60.7 Å². The predicted octanol–water partition coefficient (Wildman–Crippen LogP) is 5.09. The first-order valence-electron chi connectivity index (χ1n) is 10.5. The first-order chi connectivity index (χ1) is 16.2. The molecule has 6 nitrogen and oxygen atoms in total. The van der Waals surface area contributed by atoms with Gasteiger partial charge in [0, 0.05) is 30.6 Å². The Balaban J connectivity index is 1.54. The summed E-state index contributed by atoms with van der Waals surface area (Å²) in [5.41, 5.74) is 2.76. The Labute approximate surface area is 195 Å². The molecule has 1 aliphatic rings. The van der Waals surface area contributed by atoms with Crippen molar-refractivity contribution in [3.05, 3.63) is 96.1 Å². The van der Waals surface area contributed by atoms with Gasteiger partial charge in [-0.2, -0.15) is 13.5 Å². The molecule has 2 atom stereocenters. The van der Waals surface area contributed by atoms with Gasteiger partial charge in [0.2, 0.25) is 0 Å². The van der Waals surface area contributed by atoms with E-state index in [-0.39, 0.29) is 17.0 Å². The summed E-state index contributed by atoms with van der Waals surface area (Å²) in [7, 11) is -4.08. The number of nitrogens with one attached hydrogen (secondary N) is 2. The van der Waals surface area contributed by atoms with Crippen LogP contribution in [0.2, 0.25) is 0 Å². The van der Waals surface area contributed by atoms with E-state index in [4.69, 9.17) is 0 Å². The van der Waals surface area contributed by atoms with Crippen molar-refractivity contribution in [1.82, 2.24) is 10.1 Å². The maximum atomic E-state index is 12.7. The molecule has 0 saturated carbocycles. The zero-order valence-electron chi connectivity index (χ0n) is 17.9. The van der Waals surface area contributed by atoms with E-state index in [1.807, 2.05) is 60.7 Å². The molecule has 0 amide bonds. The molecule has 2 N–H and O–H groups in total. The van der Waals surface area contributed by atoms with Gasteiger partial charge in [0.15, 0.2) is 0 Å². The van der Waals surface area contributed by atoms with Crippen LogP contribution in [0.25, 0.3) is 0 Å². The van der Waals surface area contributed by atoms with E-state index in [2.05, 4.69) is 20.0 Å². The minimum atomic E-state index is -4.86. The molecule has 0 radical (unpaired) electrons. The molecular weight excluding hydrogens is 467 g/mol. The van der Waals surface area contributed by atoms with E-state index in [9.17, 15) is 21.6 Å². The molecule has 0 spiro atoms. The maximum Gasteiger partial charge on any atom is 0.573 e. The van der Waals surface area contributed by atoms with Crippen molar-refractivity contribution >= 4 is 15.7 Å². The predicted molar refractivity (Wildman–Crippen MR) is 122 cm³/mol. The van der Waals surface area contributed by atoms with Gasteiger partial charge in [-0.3, -0.25) is 0 Å². The average molecular weight is 490 g/mol. The van der Waals surface area contributed by atoms with E-state index in [1.165, 1.54) is 0 Å². The van der Waals surface area contributed by atoms with Gasteiger partial charge in [-0.15, -0.1) is 13.2 Å². The molecule has 34 heavy (non-hydrogen) atoms. The van der Waals surface area contributed by atoms with Crippen LogP contribution in [0.15, 0.2) is 94.9 Å². The largest absolute Gasteiger partial charge is 0.573 e. The lowest BCUT2D eigenvalue weighted by molar-refractivity contribution is -0.274. The van der Waals surface area contributed by atoms with E-state index in [0.29, 0.717) is 18.6 Å². The molecular formula is C24H22F3N3O3S. The quantitative estimate of drug-likeness (QED) is 0.473. The smallest absolute Gasteiger partial charge is 0.406 e. The van der Waals surface area contributed by atoms with Gasteiger partial charge in [0.1, 0.15) is 5.75 Å². The molecule has 1 saturated heterocycles. The third-order valence-corrected chi connectivity index (χ3v) is 6.60. The Morgan fingerprint density at radius 1 is 0.824 bits per heavy atom. The Hall–Kier alpha value is -3.37. The van der Waals surface area contributed by atoms with Crippen LogP contribution in [-0.4, -0.2) is 20.5 Å². The number of hydrogen-bond acceptors (Lipinski definition) is 5. The zero-order valence-corrected chi connectivity index (χ0v) is 18.7. The molecule has 178 valence electrons. The van der Waals surface area contributed by atoms with E-state index in [1.54, 1.807) is 0 Å². The standard InChI is InChI=1S/C24H22F3N3O3S/c25-24(26,27)33-20-11-13-21(14-12-20)34(31,32)30-29-19-15-22(17-7-3-1-4-8-17)28-23(16-19)18-9-5-2-6-10-18/h1-14,22-23,28,30H,15-16H2. The minimum absolute atomic E-state index is 0.0674. The summed E-state index contributed by atoms with van der Waals surface area (Å²) in [5, 5.41) is 7.80. The van der Waals surface area contributed by atoms with Crippen LogP contribution >= 0.6 is 0 Å². The van der Waals surface area contributed by atoms with Crippen LogP contribution < -0.4 is 14.9 Å². The Bertz CT molecular complexity index is 1180. The number of piperidine rings is 1. The minimum Gasteiger partial charge on any atom is -0.406 e. The number of sulfonamides is 1. The van der Waals surface area contributed by atoms with Crippen molar-refractivity contribution in [2.45, 2.75) is 36.2 Å². The number of rotatable bonds is 6. The van der Waals surface area contributed by atoms with Gasteiger partial charge in [0.05, 0.1) is 4.90 Å². The summed E-state index contributed by atoms with van der Waals surface area (Å²) in [5.74, 6) is -0.507. The van der Waals surface area contributed by atoms with Crippen LogP contribution in [0.1, 0.15) is 36.1 Å². The number of hydrogen-bond donors (Lipinski definition) is 2. The Morgan fingerprint density at radius 2 is 1.32 bits per heavy atom. The van der Waals surface area contributed by atoms with Crippen molar-refractivity contribution in [2.75, 3.05) is 0 Å². The molecule has 0 bridgehead atoms. The third-order valence-electron chi connectivity index (χ3n) is 5.38. The summed E-state index contributed by atoms with van der Waals surface area (Å²) < 4.78 is 66.1. The van der Waals surface area contributed by atoms with Gasteiger partial charge >= 0.3 is 6.36 Å². The number of nitrogens with zero attached hydrogens (tertiary/aromatic N) is 1. The average Bonchev–Trinajstić information content (AvgIpc) is 2.83. The normalized spacial score (nSPS) is 18.9. The van der Waals surface area contributed by atoms with Crippen molar-refractivity contribution in [3.63, 3.8) is 0 Å². The van der Waals surface area contributed by atoms with E-state index >= 15 is 0 Å². The van der Waals surface area contributed by atoms with Crippen LogP contribution in [0.4, 0.5) is 13.2 Å². The lowest BCUT2D eigenvalue weighted by atomic mass is 9.89. The number of hydrazone groups is 1.